The summed E-state index contributed by atoms with van der Waals surface area (Å²) in [6, 6.07) is 10.5. The number of rotatable bonds is 11. The number of guanidine groups is 1. The van der Waals surface area contributed by atoms with Gasteiger partial charge in [-0.2, -0.15) is 0 Å². The van der Waals surface area contributed by atoms with E-state index < -0.39 is 0 Å². The second-order valence-electron chi connectivity index (χ2n) is 6.14. The van der Waals surface area contributed by atoms with Crippen LogP contribution >= 0.6 is 24.0 Å². The van der Waals surface area contributed by atoms with Gasteiger partial charge in [-0.25, -0.2) is 0 Å². The first-order chi connectivity index (χ1) is 11.4. The van der Waals surface area contributed by atoms with E-state index in [9.17, 15) is 0 Å². The van der Waals surface area contributed by atoms with Gasteiger partial charge in [0, 0.05) is 26.2 Å². The van der Waals surface area contributed by atoms with Crippen LogP contribution in [-0.4, -0.2) is 38.8 Å². The van der Waals surface area contributed by atoms with Gasteiger partial charge in [-0.3, -0.25) is 4.99 Å². The van der Waals surface area contributed by atoms with Crippen LogP contribution in [0, 0.1) is 5.92 Å². The van der Waals surface area contributed by atoms with Crippen molar-refractivity contribution in [2.24, 2.45) is 10.9 Å². The van der Waals surface area contributed by atoms with Crippen LogP contribution in [0.2, 0.25) is 0 Å². The van der Waals surface area contributed by atoms with Gasteiger partial charge >= 0.3 is 0 Å². The lowest BCUT2D eigenvalue weighted by Gasteiger charge is -2.11. The minimum absolute atomic E-state index is 0. The molecular formula is C19H32IN3O. The molecule has 1 aliphatic carbocycles. The minimum Gasteiger partial charge on any atom is -0.381 e. The molecule has 24 heavy (non-hydrogen) atoms. The molecule has 1 aromatic rings. The van der Waals surface area contributed by atoms with E-state index in [1.165, 1.54) is 18.4 Å². The number of halogens is 1. The van der Waals surface area contributed by atoms with Crippen LogP contribution in [0.4, 0.5) is 0 Å². The summed E-state index contributed by atoms with van der Waals surface area (Å²) >= 11 is 0. The third kappa shape index (κ3) is 10.1. The van der Waals surface area contributed by atoms with Gasteiger partial charge in [-0.15, -0.1) is 24.0 Å². The fourth-order valence-corrected chi connectivity index (χ4v) is 2.34. The van der Waals surface area contributed by atoms with Crippen molar-refractivity contribution in [3.05, 3.63) is 35.9 Å². The molecule has 2 rings (SSSR count). The van der Waals surface area contributed by atoms with Crippen LogP contribution in [0.15, 0.2) is 35.3 Å². The first-order valence-electron chi connectivity index (χ1n) is 9.02. The van der Waals surface area contributed by atoms with Crippen molar-refractivity contribution in [1.82, 2.24) is 10.6 Å². The number of benzene rings is 1. The quantitative estimate of drug-likeness (QED) is 0.237. The number of hydrogen-bond donors (Lipinski definition) is 2. The van der Waals surface area contributed by atoms with Crippen molar-refractivity contribution in [2.45, 2.75) is 39.0 Å². The Morgan fingerprint density at radius 3 is 2.62 bits per heavy atom. The lowest BCUT2D eigenvalue weighted by Crippen LogP contribution is -2.38. The molecule has 2 N–H and O–H groups in total. The van der Waals surface area contributed by atoms with E-state index >= 15 is 0 Å². The second-order valence-corrected chi connectivity index (χ2v) is 6.14. The largest absolute Gasteiger partial charge is 0.381 e. The van der Waals surface area contributed by atoms with Gasteiger partial charge in [-0.05, 0) is 50.5 Å². The van der Waals surface area contributed by atoms with Crippen molar-refractivity contribution in [2.75, 3.05) is 32.8 Å². The van der Waals surface area contributed by atoms with E-state index in [2.05, 4.69) is 46.8 Å². The van der Waals surface area contributed by atoms with Gasteiger partial charge in [-0.1, -0.05) is 30.3 Å². The maximum atomic E-state index is 5.71. The summed E-state index contributed by atoms with van der Waals surface area (Å²) in [5.41, 5.74) is 1.34. The Labute approximate surface area is 163 Å². The fourth-order valence-electron chi connectivity index (χ4n) is 2.34. The monoisotopic (exact) mass is 445 g/mol. The highest BCUT2D eigenvalue weighted by Crippen LogP contribution is 2.28. The Balaban J connectivity index is 0.00000288. The number of nitrogens with one attached hydrogen (secondary N) is 2. The Kier molecular flexibility index (Phi) is 11.9. The molecule has 1 fully saturated rings. The predicted molar refractivity (Wildman–Crippen MR) is 112 cm³/mol. The molecule has 4 nitrogen and oxygen atoms in total. The van der Waals surface area contributed by atoms with Crippen LogP contribution in [0.3, 0.4) is 0 Å². The number of ether oxygens (including phenoxy) is 1. The molecule has 0 spiro atoms. The average Bonchev–Trinajstić information content (AvgIpc) is 3.40. The maximum absolute atomic E-state index is 5.71. The zero-order chi connectivity index (χ0) is 16.2. The smallest absolute Gasteiger partial charge is 0.191 e. The maximum Gasteiger partial charge on any atom is 0.191 e. The number of unbranched alkanes of at least 4 members (excludes halogenated alkanes) is 1. The molecule has 0 aliphatic heterocycles. The van der Waals surface area contributed by atoms with E-state index in [4.69, 9.17) is 4.74 Å². The van der Waals surface area contributed by atoms with Gasteiger partial charge in [0.2, 0.25) is 0 Å². The predicted octanol–water partition coefficient (Wildman–Crippen LogP) is 3.61. The Morgan fingerprint density at radius 2 is 1.92 bits per heavy atom. The van der Waals surface area contributed by atoms with E-state index in [1.54, 1.807) is 0 Å². The van der Waals surface area contributed by atoms with E-state index in [1.807, 2.05) is 6.07 Å². The number of nitrogens with zero attached hydrogens (tertiary/aromatic N) is 1. The molecule has 1 aliphatic rings. The van der Waals surface area contributed by atoms with Crippen molar-refractivity contribution in [3.63, 3.8) is 0 Å². The van der Waals surface area contributed by atoms with Crippen LogP contribution in [0.5, 0.6) is 0 Å². The summed E-state index contributed by atoms with van der Waals surface area (Å²) in [5, 5.41) is 6.71. The molecule has 0 aromatic heterocycles. The summed E-state index contributed by atoms with van der Waals surface area (Å²) in [6.07, 6.45) is 5.90. The minimum atomic E-state index is 0. The van der Waals surface area contributed by atoms with Gasteiger partial charge < -0.3 is 15.4 Å². The Morgan fingerprint density at radius 1 is 1.12 bits per heavy atom. The molecule has 5 heteroatoms. The van der Waals surface area contributed by atoms with Crippen molar-refractivity contribution in [3.8, 4) is 0 Å². The molecule has 1 saturated carbocycles. The van der Waals surface area contributed by atoms with Crippen molar-refractivity contribution < 1.29 is 4.74 Å². The number of aliphatic imine (C=N–C) groups is 1. The molecule has 1 aromatic carbocycles. The molecule has 0 bridgehead atoms. The van der Waals surface area contributed by atoms with Gasteiger partial charge in [0.1, 0.15) is 0 Å². The van der Waals surface area contributed by atoms with E-state index in [0.717, 1.165) is 64.0 Å². The van der Waals surface area contributed by atoms with Gasteiger partial charge in [0.15, 0.2) is 5.96 Å². The molecule has 136 valence electrons. The first-order valence-corrected chi connectivity index (χ1v) is 9.02. The lowest BCUT2D eigenvalue weighted by atomic mass is 10.2. The van der Waals surface area contributed by atoms with Crippen LogP contribution in [0.1, 0.15) is 38.2 Å². The Bertz CT molecular complexity index is 449. The Hall–Kier alpha value is -0.820. The molecule has 0 heterocycles. The zero-order valence-corrected chi connectivity index (χ0v) is 17.1. The van der Waals surface area contributed by atoms with E-state index in [-0.39, 0.29) is 24.0 Å². The first kappa shape index (κ1) is 21.2. The fraction of sp³-hybridized carbons (Fsp3) is 0.632. The van der Waals surface area contributed by atoms with Gasteiger partial charge in [0.25, 0.3) is 0 Å². The molecule has 0 atom stereocenters. The van der Waals surface area contributed by atoms with Crippen LogP contribution in [0.25, 0.3) is 0 Å². The van der Waals surface area contributed by atoms with Crippen molar-refractivity contribution >= 4 is 29.9 Å². The summed E-state index contributed by atoms with van der Waals surface area (Å²) in [7, 11) is 0. The summed E-state index contributed by atoms with van der Waals surface area (Å²) < 4.78 is 5.71. The lowest BCUT2D eigenvalue weighted by molar-refractivity contribution is 0.133. The normalized spacial score (nSPS) is 14.1. The van der Waals surface area contributed by atoms with Crippen LogP contribution < -0.4 is 10.6 Å². The molecule has 0 amide bonds. The third-order valence-electron chi connectivity index (χ3n) is 3.93. The van der Waals surface area contributed by atoms with Gasteiger partial charge in [0.05, 0.1) is 6.61 Å². The molecule has 0 radical (unpaired) electrons. The van der Waals surface area contributed by atoms with E-state index in [0.29, 0.717) is 0 Å². The summed E-state index contributed by atoms with van der Waals surface area (Å²) in [6.45, 7) is 6.59. The number of hydrogen-bond acceptors (Lipinski definition) is 2. The highest BCUT2D eigenvalue weighted by Gasteiger charge is 2.20. The second kappa shape index (κ2) is 13.5. The highest BCUT2D eigenvalue weighted by molar-refractivity contribution is 14.0. The zero-order valence-electron chi connectivity index (χ0n) is 14.8. The topological polar surface area (TPSA) is 45.7 Å². The standard InChI is InChI=1S/C19H31N3O.HI/c1-2-20-19(22-16-18-10-11-18)21-13-6-7-14-23-15-12-17-8-4-3-5-9-17;/h3-5,8-9,18H,2,6-7,10-16H2,1H3,(H2,20,21,22);1H. The molecule has 0 unspecified atom stereocenters. The average molecular weight is 445 g/mol. The third-order valence-corrected chi connectivity index (χ3v) is 3.93. The molecule has 0 saturated heterocycles. The summed E-state index contributed by atoms with van der Waals surface area (Å²) in [4.78, 5) is 4.62. The summed E-state index contributed by atoms with van der Waals surface area (Å²) in [5.74, 6) is 1.80. The highest BCUT2D eigenvalue weighted by atomic mass is 127. The SMILES string of the molecule is CCNC(=NCC1CC1)NCCCCOCCc1ccccc1.I. The van der Waals surface area contributed by atoms with Crippen LogP contribution in [-0.2, 0) is 11.2 Å². The molecular weight excluding hydrogens is 413 g/mol. The van der Waals surface area contributed by atoms with Crippen molar-refractivity contribution in [1.29, 1.82) is 0 Å².